The number of hydrogen-bond acceptors (Lipinski definition) is 5. The minimum absolute atomic E-state index is 0.000186. The third-order valence-corrected chi connectivity index (χ3v) is 5.19. The number of ether oxygens (including phenoxy) is 1. The molecule has 1 aliphatic heterocycles. The van der Waals surface area contributed by atoms with Gasteiger partial charge in [0.1, 0.15) is 5.84 Å². The Morgan fingerprint density at radius 3 is 2.75 bits per heavy atom. The summed E-state index contributed by atoms with van der Waals surface area (Å²) >= 11 is 0. The van der Waals surface area contributed by atoms with Crippen LogP contribution in [0.5, 0.6) is 0 Å². The number of esters is 1. The SMILES string of the molecule is COC(=O)c1cc(CNCC2CCNCC2)ccc1-c1cccc(C(=N)N)c1. The van der Waals surface area contributed by atoms with Gasteiger partial charge < -0.3 is 21.1 Å². The molecule has 2 aromatic carbocycles. The second-order valence-electron chi connectivity index (χ2n) is 7.19. The lowest BCUT2D eigenvalue weighted by Crippen LogP contribution is -2.33. The number of benzene rings is 2. The van der Waals surface area contributed by atoms with E-state index in [4.69, 9.17) is 15.9 Å². The molecule has 0 spiro atoms. The molecule has 148 valence electrons. The van der Waals surface area contributed by atoms with Gasteiger partial charge in [-0.1, -0.05) is 30.3 Å². The van der Waals surface area contributed by atoms with Crippen LogP contribution in [-0.2, 0) is 11.3 Å². The van der Waals surface area contributed by atoms with Gasteiger partial charge in [-0.15, -0.1) is 0 Å². The zero-order valence-electron chi connectivity index (χ0n) is 16.3. The standard InChI is InChI=1S/C22H28N4O2/c1-28-22(27)20-11-16(14-26-13-15-7-9-25-10-8-15)5-6-19(20)17-3-2-4-18(12-17)21(23)24/h2-6,11-12,15,25-26H,7-10,13-14H2,1H3,(H3,23,24). The lowest BCUT2D eigenvalue weighted by molar-refractivity contribution is 0.0601. The number of carbonyl (C=O) groups is 1. The summed E-state index contributed by atoms with van der Waals surface area (Å²) in [5, 5.41) is 14.5. The van der Waals surface area contributed by atoms with E-state index in [1.807, 2.05) is 36.4 Å². The average molecular weight is 380 g/mol. The van der Waals surface area contributed by atoms with Gasteiger partial charge >= 0.3 is 5.97 Å². The first-order valence-corrected chi connectivity index (χ1v) is 9.66. The van der Waals surface area contributed by atoms with Crippen LogP contribution in [0.3, 0.4) is 0 Å². The van der Waals surface area contributed by atoms with Gasteiger partial charge in [0.25, 0.3) is 0 Å². The molecule has 1 aliphatic rings. The highest BCUT2D eigenvalue weighted by atomic mass is 16.5. The van der Waals surface area contributed by atoms with Gasteiger partial charge in [-0.2, -0.15) is 0 Å². The van der Waals surface area contributed by atoms with Gasteiger partial charge in [0.05, 0.1) is 12.7 Å². The van der Waals surface area contributed by atoms with Gasteiger partial charge in [-0.3, -0.25) is 5.41 Å². The molecule has 3 rings (SSSR count). The molecule has 1 fully saturated rings. The van der Waals surface area contributed by atoms with E-state index in [2.05, 4.69) is 10.6 Å². The third kappa shape index (κ3) is 4.97. The van der Waals surface area contributed by atoms with E-state index in [0.717, 1.165) is 36.3 Å². The maximum atomic E-state index is 12.4. The van der Waals surface area contributed by atoms with E-state index in [9.17, 15) is 4.79 Å². The molecule has 5 N–H and O–H groups in total. The van der Waals surface area contributed by atoms with Gasteiger partial charge in [-0.05, 0) is 67.2 Å². The summed E-state index contributed by atoms with van der Waals surface area (Å²) in [5.74, 6) is 0.332. The van der Waals surface area contributed by atoms with Crippen molar-refractivity contribution in [3.8, 4) is 11.1 Å². The van der Waals surface area contributed by atoms with E-state index in [-0.39, 0.29) is 11.8 Å². The summed E-state index contributed by atoms with van der Waals surface area (Å²) in [7, 11) is 1.39. The molecule has 6 nitrogen and oxygen atoms in total. The van der Waals surface area contributed by atoms with Gasteiger partial charge in [0.2, 0.25) is 0 Å². The second kappa shape index (κ2) is 9.48. The maximum Gasteiger partial charge on any atom is 0.338 e. The molecule has 1 saturated heterocycles. The molecule has 0 amide bonds. The highest BCUT2D eigenvalue weighted by Gasteiger charge is 2.16. The van der Waals surface area contributed by atoms with Crippen molar-refractivity contribution in [1.29, 1.82) is 5.41 Å². The predicted molar refractivity (Wildman–Crippen MR) is 112 cm³/mol. The van der Waals surface area contributed by atoms with Crippen LogP contribution in [0.25, 0.3) is 11.1 Å². The van der Waals surface area contributed by atoms with Crippen molar-refractivity contribution >= 4 is 11.8 Å². The first-order valence-electron chi connectivity index (χ1n) is 9.66. The largest absolute Gasteiger partial charge is 0.465 e. The minimum Gasteiger partial charge on any atom is -0.465 e. The number of nitrogen functional groups attached to an aromatic ring is 1. The molecule has 6 heteroatoms. The Labute approximate surface area is 166 Å². The van der Waals surface area contributed by atoms with E-state index in [0.29, 0.717) is 23.6 Å². The van der Waals surface area contributed by atoms with Crippen molar-refractivity contribution in [1.82, 2.24) is 10.6 Å². The highest BCUT2D eigenvalue weighted by Crippen LogP contribution is 2.26. The van der Waals surface area contributed by atoms with Crippen LogP contribution in [0.2, 0.25) is 0 Å². The summed E-state index contributed by atoms with van der Waals surface area (Å²) in [6.45, 7) is 3.87. The quantitative estimate of drug-likeness (QED) is 0.336. The molecular formula is C22H28N4O2. The molecule has 0 aromatic heterocycles. The summed E-state index contributed by atoms with van der Waals surface area (Å²) < 4.78 is 5.00. The Morgan fingerprint density at radius 2 is 2.04 bits per heavy atom. The fourth-order valence-electron chi connectivity index (χ4n) is 3.59. The highest BCUT2D eigenvalue weighted by molar-refractivity contribution is 5.99. The van der Waals surface area contributed by atoms with Gasteiger partial charge in [0, 0.05) is 12.1 Å². The summed E-state index contributed by atoms with van der Waals surface area (Å²) in [4.78, 5) is 12.4. The number of methoxy groups -OCH3 is 1. The number of carbonyl (C=O) groups excluding carboxylic acids is 1. The zero-order chi connectivity index (χ0) is 19.9. The fraction of sp³-hybridized carbons (Fsp3) is 0.364. The molecule has 0 atom stereocenters. The van der Waals surface area contributed by atoms with Crippen molar-refractivity contribution in [2.24, 2.45) is 11.7 Å². The summed E-state index contributed by atoms with van der Waals surface area (Å²) in [5.41, 5.74) is 9.40. The molecule has 0 aliphatic carbocycles. The molecule has 1 heterocycles. The molecule has 0 radical (unpaired) electrons. The van der Waals surface area contributed by atoms with Crippen molar-refractivity contribution in [2.75, 3.05) is 26.7 Å². The number of hydrogen-bond donors (Lipinski definition) is 4. The topological polar surface area (TPSA) is 100 Å². The lowest BCUT2D eigenvalue weighted by Gasteiger charge is -2.23. The average Bonchev–Trinajstić information content (AvgIpc) is 2.74. The normalized spacial score (nSPS) is 14.6. The van der Waals surface area contributed by atoms with Crippen molar-refractivity contribution < 1.29 is 9.53 Å². The second-order valence-corrected chi connectivity index (χ2v) is 7.19. The monoisotopic (exact) mass is 380 g/mol. The molecule has 28 heavy (non-hydrogen) atoms. The molecule has 0 bridgehead atoms. The minimum atomic E-state index is -0.372. The predicted octanol–water partition coefficient (Wildman–Crippen LogP) is 2.51. The first kappa shape index (κ1) is 20.0. The number of nitrogens with two attached hydrogens (primary N) is 1. The smallest absolute Gasteiger partial charge is 0.338 e. The van der Waals surface area contributed by atoms with Crippen LogP contribution >= 0.6 is 0 Å². The fourth-order valence-corrected chi connectivity index (χ4v) is 3.59. The molecule has 0 saturated carbocycles. The number of amidine groups is 1. The van der Waals surface area contributed by atoms with Crippen LogP contribution in [0, 0.1) is 11.3 Å². The number of rotatable bonds is 7. The van der Waals surface area contributed by atoms with Gasteiger partial charge in [0.15, 0.2) is 0 Å². The van der Waals surface area contributed by atoms with Crippen molar-refractivity contribution in [3.05, 3.63) is 59.2 Å². The van der Waals surface area contributed by atoms with Crippen molar-refractivity contribution in [3.63, 3.8) is 0 Å². The van der Waals surface area contributed by atoms with Crippen LogP contribution in [0.4, 0.5) is 0 Å². The van der Waals surface area contributed by atoms with Crippen LogP contribution in [0.1, 0.15) is 34.3 Å². The van der Waals surface area contributed by atoms with Crippen molar-refractivity contribution in [2.45, 2.75) is 19.4 Å². The van der Waals surface area contributed by atoms with E-state index >= 15 is 0 Å². The Morgan fingerprint density at radius 1 is 1.25 bits per heavy atom. The first-order chi connectivity index (χ1) is 13.6. The van der Waals surface area contributed by atoms with Gasteiger partial charge in [-0.25, -0.2) is 4.79 Å². The number of nitrogens with one attached hydrogen (secondary N) is 3. The van der Waals surface area contributed by atoms with Crippen LogP contribution in [-0.4, -0.2) is 38.5 Å². The Balaban J connectivity index is 1.78. The summed E-state index contributed by atoms with van der Waals surface area (Å²) in [6.07, 6.45) is 2.40. The zero-order valence-corrected chi connectivity index (χ0v) is 16.3. The van der Waals surface area contributed by atoms with E-state index in [1.165, 1.54) is 20.0 Å². The molecular weight excluding hydrogens is 352 g/mol. The Kier molecular flexibility index (Phi) is 6.79. The maximum absolute atomic E-state index is 12.4. The third-order valence-electron chi connectivity index (χ3n) is 5.19. The van der Waals surface area contributed by atoms with E-state index < -0.39 is 0 Å². The summed E-state index contributed by atoms with van der Waals surface area (Å²) in [6, 6.07) is 13.2. The van der Waals surface area contributed by atoms with Crippen LogP contribution in [0.15, 0.2) is 42.5 Å². The lowest BCUT2D eigenvalue weighted by atomic mass is 9.95. The van der Waals surface area contributed by atoms with Crippen LogP contribution < -0.4 is 16.4 Å². The molecule has 2 aromatic rings. The Hall–Kier alpha value is -2.70. The van der Waals surface area contributed by atoms with E-state index in [1.54, 1.807) is 6.07 Å². The molecule has 0 unspecified atom stereocenters. The Bertz CT molecular complexity index is 844. The number of piperidine rings is 1.